The Hall–Kier alpha value is -0.0400. The summed E-state index contributed by atoms with van der Waals surface area (Å²) < 4.78 is 0. The lowest BCUT2D eigenvalue weighted by atomic mass is 10.0. The fourth-order valence-electron chi connectivity index (χ4n) is 2.49. The summed E-state index contributed by atoms with van der Waals surface area (Å²) in [5.41, 5.74) is 0. The Morgan fingerprint density at radius 3 is 1.58 bits per heavy atom. The van der Waals surface area contributed by atoms with E-state index >= 15 is 0 Å². The molecule has 1 unspecified atom stereocenters. The van der Waals surface area contributed by atoms with Crippen LogP contribution in [0.3, 0.4) is 0 Å². The first-order valence-electron chi connectivity index (χ1n) is 8.77. The lowest BCUT2D eigenvalue weighted by Gasteiger charge is -2.04. The SMILES string of the molecule is CCCCCCCCCCCCCC[CH]CC(C)O. The maximum absolute atomic E-state index is 9.11. The van der Waals surface area contributed by atoms with Gasteiger partial charge in [0.2, 0.25) is 0 Å². The van der Waals surface area contributed by atoms with Gasteiger partial charge in [0.1, 0.15) is 0 Å². The highest BCUT2D eigenvalue weighted by Gasteiger charge is 1.96. The van der Waals surface area contributed by atoms with Crippen LogP contribution in [0.25, 0.3) is 0 Å². The van der Waals surface area contributed by atoms with E-state index in [9.17, 15) is 0 Å². The molecule has 0 aromatic carbocycles. The molecule has 0 fully saturated rings. The molecule has 0 saturated carbocycles. The lowest BCUT2D eigenvalue weighted by molar-refractivity contribution is 0.193. The minimum absolute atomic E-state index is 0.155. The maximum Gasteiger partial charge on any atom is 0.0514 e. The highest BCUT2D eigenvalue weighted by molar-refractivity contribution is 4.67. The zero-order chi connectivity index (χ0) is 14.2. The molecule has 0 saturated heterocycles. The number of unbranched alkanes of at least 4 members (excludes halogenated alkanes) is 13. The van der Waals surface area contributed by atoms with Crippen molar-refractivity contribution in [3.8, 4) is 0 Å². The number of rotatable bonds is 15. The smallest absolute Gasteiger partial charge is 0.0514 e. The van der Waals surface area contributed by atoms with E-state index in [1.807, 2.05) is 6.92 Å². The van der Waals surface area contributed by atoms with Gasteiger partial charge in [0.15, 0.2) is 0 Å². The van der Waals surface area contributed by atoms with Gasteiger partial charge in [0.05, 0.1) is 6.10 Å². The zero-order valence-corrected chi connectivity index (χ0v) is 13.5. The first-order valence-corrected chi connectivity index (χ1v) is 8.77. The predicted molar refractivity (Wildman–Crippen MR) is 86.3 cm³/mol. The van der Waals surface area contributed by atoms with Crippen molar-refractivity contribution in [2.24, 2.45) is 0 Å². The van der Waals surface area contributed by atoms with Gasteiger partial charge in [0.25, 0.3) is 0 Å². The molecule has 0 aliphatic rings. The Morgan fingerprint density at radius 2 is 1.16 bits per heavy atom. The maximum atomic E-state index is 9.11. The van der Waals surface area contributed by atoms with E-state index in [1.54, 1.807) is 0 Å². The summed E-state index contributed by atoms with van der Waals surface area (Å²) in [4.78, 5) is 0. The molecule has 115 valence electrons. The monoisotopic (exact) mass is 269 g/mol. The second-order valence-corrected chi connectivity index (χ2v) is 6.05. The number of hydrogen-bond acceptors (Lipinski definition) is 1. The summed E-state index contributed by atoms with van der Waals surface area (Å²) >= 11 is 0. The fraction of sp³-hybridized carbons (Fsp3) is 0.944. The van der Waals surface area contributed by atoms with Crippen molar-refractivity contribution < 1.29 is 5.11 Å². The minimum atomic E-state index is -0.155. The van der Waals surface area contributed by atoms with Gasteiger partial charge in [-0.2, -0.15) is 0 Å². The standard InChI is InChI=1S/C18H37O/c1-3-4-5-6-7-8-9-10-11-12-13-14-15-16-17-18(2)19/h16,18-19H,3-15,17H2,1-2H3. The van der Waals surface area contributed by atoms with E-state index in [1.165, 1.54) is 83.5 Å². The fourth-order valence-corrected chi connectivity index (χ4v) is 2.49. The average Bonchev–Trinajstić information content (AvgIpc) is 2.39. The minimum Gasteiger partial charge on any atom is -0.393 e. The van der Waals surface area contributed by atoms with Crippen molar-refractivity contribution in [2.75, 3.05) is 0 Å². The molecular weight excluding hydrogens is 232 g/mol. The quantitative estimate of drug-likeness (QED) is 0.359. The Balaban J connectivity index is 2.91. The van der Waals surface area contributed by atoms with Crippen molar-refractivity contribution in [3.63, 3.8) is 0 Å². The molecule has 0 rings (SSSR count). The van der Waals surface area contributed by atoms with Crippen LogP contribution in [0.1, 0.15) is 104 Å². The van der Waals surface area contributed by atoms with E-state index in [4.69, 9.17) is 5.11 Å². The molecule has 1 nitrogen and oxygen atoms in total. The van der Waals surface area contributed by atoms with Gasteiger partial charge >= 0.3 is 0 Å². The van der Waals surface area contributed by atoms with Gasteiger partial charge in [-0.05, 0) is 19.8 Å². The topological polar surface area (TPSA) is 20.2 Å². The van der Waals surface area contributed by atoms with E-state index in [-0.39, 0.29) is 6.10 Å². The Morgan fingerprint density at radius 1 is 0.737 bits per heavy atom. The summed E-state index contributed by atoms with van der Waals surface area (Å²) in [6, 6.07) is 0. The van der Waals surface area contributed by atoms with Crippen LogP contribution in [0.2, 0.25) is 0 Å². The highest BCUT2D eigenvalue weighted by Crippen LogP contribution is 2.13. The molecule has 0 bridgehead atoms. The van der Waals surface area contributed by atoms with E-state index < -0.39 is 0 Å². The van der Waals surface area contributed by atoms with Crippen molar-refractivity contribution in [2.45, 2.75) is 110 Å². The van der Waals surface area contributed by atoms with Gasteiger partial charge in [-0.25, -0.2) is 0 Å². The van der Waals surface area contributed by atoms with Crippen LogP contribution in [0.15, 0.2) is 0 Å². The third-order valence-electron chi connectivity index (χ3n) is 3.77. The first-order chi connectivity index (χ1) is 9.27. The molecule has 1 heteroatoms. The van der Waals surface area contributed by atoms with Crippen molar-refractivity contribution in [1.29, 1.82) is 0 Å². The molecule has 1 radical (unpaired) electrons. The summed E-state index contributed by atoms with van der Waals surface area (Å²) in [5, 5.41) is 9.11. The second kappa shape index (κ2) is 16.0. The van der Waals surface area contributed by atoms with Crippen LogP contribution < -0.4 is 0 Å². The molecule has 0 aliphatic heterocycles. The molecule has 0 spiro atoms. The third-order valence-corrected chi connectivity index (χ3v) is 3.77. The van der Waals surface area contributed by atoms with Crippen molar-refractivity contribution in [3.05, 3.63) is 6.42 Å². The number of hydrogen-bond donors (Lipinski definition) is 1. The Kier molecular flexibility index (Phi) is 16.0. The summed E-state index contributed by atoms with van der Waals surface area (Å²) in [6.07, 6.45) is 21.1. The molecule has 0 amide bonds. The van der Waals surface area contributed by atoms with Gasteiger partial charge < -0.3 is 5.11 Å². The van der Waals surface area contributed by atoms with Gasteiger partial charge in [-0.3, -0.25) is 0 Å². The lowest BCUT2D eigenvalue weighted by Crippen LogP contribution is -1.98. The van der Waals surface area contributed by atoms with Crippen LogP contribution in [0, 0.1) is 6.42 Å². The van der Waals surface area contributed by atoms with E-state index in [2.05, 4.69) is 13.3 Å². The van der Waals surface area contributed by atoms with Gasteiger partial charge in [-0.15, -0.1) is 0 Å². The molecule has 0 heterocycles. The third kappa shape index (κ3) is 18.0. The van der Waals surface area contributed by atoms with Crippen molar-refractivity contribution in [1.82, 2.24) is 0 Å². The Bertz CT molecular complexity index is 154. The summed E-state index contributed by atoms with van der Waals surface area (Å²) in [7, 11) is 0. The van der Waals surface area contributed by atoms with Crippen LogP contribution >= 0.6 is 0 Å². The molecule has 0 aromatic rings. The zero-order valence-electron chi connectivity index (χ0n) is 13.5. The normalized spacial score (nSPS) is 12.8. The van der Waals surface area contributed by atoms with Crippen LogP contribution in [-0.4, -0.2) is 11.2 Å². The van der Waals surface area contributed by atoms with Crippen LogP contribution in [0.5, 0.6) is 0 Å². The molecule has 1 atom stereocenters. The largest absolute Gasteiger partial charge is 0.393 e. The molecule has 1 N–H and O–H groups in total. The average molecular weight is 269 g/mol. The van der Waals surface area contributed by atoms with Crippen LogP contribution in [0.4, 0.5) is 0 Å². The number of aliphatic hydroxyl groups is 1. The Labute approximate surface area is 122 Å². The number of aliphatic hydroxyl groups excluding tert-OH is 1. The van der Waals surface area contributed by atoms with E-state index in [0.29, 0.717) is 0 Å². The predicted octanol–water partition coefficient (Wildman–Crippen LogP) is 6.05. The summed E-state index contributed by atoms with van der Waals surface area (Å²) in [5.74, 6) is 0. The van der Waals surface area contributed by atoms with Crippen LogP contribution in [-0.2, 0) is 0 Å². The molecular formula is C18H37O. The molecule has 0 aliphatic carbocycles. The summed E-state index contributed by atoms with van der Waals surface area (Å²) in [6.45, 7) is 4.14. The van der Waals surface area contributed by atoms with E-state index in [0.717, 1.165) is 6.42 Å². The molecule has 19 heavy (non-hydrogen) atoms. The van der Waals surface area contributed by atoms with Gasteiger partial charge in [0, 0.05) is 0 Å². The van der Waals surface area contributed by atoms with Crippen molar-refractivity contribution >= 4 is 0 Å². The highest BCUT2D eigenvalue weighted by atomic mass is 16.3. The van der Waals surface area contributed by atoms with Gasteiger partial charge in [-0.1, -0.05) is 90.4 Å². The molecule has 0 aromatic heterocycles. The second-order valence-electron chi connectivity index (χ2n) is 6.05. The first kappa shape index (κ1) is 19.0.